The van der Waals surface area contributed by atoms with Gasteiger partial charge in [0.15, 0.2) is 33.6 Å². The van der Waals surface area contributed by atoms with Crippen LogP contribution in [-0.2, 0) is 13.0 Å². The predicted octanol–water partition coefficient (Wildman–Crippen LogP) is 4.12. The van der Waals surface area contributed by atoms with Gasteiger partial charge in [-0.15, -0.1) is 8.78 Å². The topological polar surface area (TPSA) is 88.1 Å². The number of halogens is 2. The molecule has 0 saturated heterocycles. The number of imidazole rings is 1. The number of ether oxygens (including phenoxy) is 2. The minimum Gasteiger partial charge on any atom is -0.395 e. The molecule has 3 heterocycles. The van der Waals surface area contributed by atoms with Crippen molar-refractivity contribution in [2.75, 3.05) is 5.73 Å². The van der Waals surface area contributed by atoms with Gasteiger partial charge in [-0.1, -0.05) is 42.1 Å². The highest BCUT2D eigenvalue weighted by Crippen LogP contribution is 2.44. The summed E-state index contributed by atoms with van der Waals surface area (Å²) < 4.78 is 37.6. The molecule has 5 rings (SSSR count). The maximum atomic E-state index is 13.3. The van der Waals surface area contributed by atoms with Crippen LogP contribution in [0.4, 0.5) is 14.6 Å². The summed E-state index contributed by atoms with van der Waals surface area (Å²) in [6.45, 7) is 0.613. The van der Waals surface area contributed by atoms with Gasteiger partial charge in [-0.05, 0) is 30.2 Å². The van der Waals surface area contributed by atoms with Crippen LogP contribution < -0.4 is 15.2 Å². The molecule has 0 fully saturated rings. The molecule has 2 aromatic heterocycles. The summed E-state index contributed by atoms with van der Waals surface area (Å²) in [4.78, 5) is 13.6. The number of hydrogen-bond acceptors (Lipinski definition) is 7. The van der Waals surface area contributed by atoms with E-state index in [-0.39, 0.29) is 17.3 Å². The summed E-state index contributed by atoms with van der Waals surface area (Å²) in [5, 5.41) is 0.624. The van der Waals surface area contributed by atoms with Gasteiger partial charge in [0.2, 0.25) is 0 Å². The molecule has 2 N–H and O–H groups in total. The van der Waals surface area contributed by atoms with E-state index in [9.17, 15) is 8.78 Å². The van der Waals surface area contributed by atoms with Crippen molar-refractivity contribution >= 4 is 28.7 Å². The molecule has 1 aliphatic heterocycles. The third-order valence-electron chi connectivity index (χ3n) is 4.57. The molecule has 30 heavy (non-hydrogen) atoms. The maximum Gasteiger partial charge on any atom is 0.586 e. The number of aromatic nitrogens is 4. The average Bonchev–Trinajstić information content (AvgIpc) is 3.23. The van der Waals surface area contributed by atoms with Gasteiger partial charge in [0, 0.05) is 11.4 Å². The Morgan fingerprint density at radius 3 is 2.67 bits per heavy atom. The molecule has 0 bridgehead atoms. The number of anilines is 1. The minimum atomic E-state index is -3.65. The lowest BCUT2D eigenvalue weighted by atomic mass is 10.1. The lowest BCUT2D eigenvalue weighted by molar-refractivity contribution is -0.286. The van der Waals surface area contributed by atoms with Crippen LogP contribution >= 0.6 is 11.8 Å². The van der Waals surface area contributed by atoms with Crippen LogP contribution in [0, 0.1) is 0 Å². The fraction of sp³-hybridized carbons (Fsp3) is 0.150. The van der Waals surface area contributed by atoms with E-state index in [0.29, 0.717) is 27.8 Å². The number of nitrogens with two attached hydrogens (primary N) is 1. The van der Waals surface area contributed by atoms with Crippen LogP contribution in [0.5, 0.6) is 11.5 Å². The molecule has 2 aromatic carbocycles. The number of fused-ring (bicyclic) bond motifs is 2. The number of hydrogen-bond donors (Lipinski definition) is 1. The number of rotatable bonds is 5. The van der Waals surface area contributed by atoms with Crippen LogP contribution in [0.1, 0.15) is 5.56 Å². The summed E-state index contributed by atoms with van der Waals surface area (Å²) in [5.41, 5.74) is 8.27. The Morgan fingerprint density at radius 1 is 1.03 bits per heavy atom. The largest absolute Gasteiger partial charge is 0.586 e. The SMILES string of the molecule is Nc1ncnc2c1nc(Sc1ccc3c(c1)OC(F)(F)O3)n2CCc1ccccc1. The first-order valence-corrected chi connectivity index (χ1v) is 9.88. The fourth-order valence-electron chi connectivity index (χ4n) is 3.20. The second-order valence-corrected chi connectivity index (χ2v) is 7.63. The van der Waals surface area contributed by atoms with Crippen LogP contribution in [0.3, 0.4) is 0 Å². The fourth-order valence-corrected chi connectivity index (χ4v) is 4.13. The van der Waals surface area contributed by atoms with E-state index in [2.05, 4.69) is 24.4 Å². The van der Waals surface area contributed by atoms with Gasteiger partial charge in [-0.25, -0.2) is 15.0 Å². The van der Waals surface area contributed by atoms with E-state index < -0.39 is 6.29 Å². The Morgan fingerprint density at radius 2 is 1.83 bits per heavy atom. The molecule has 0 aliphatic carbocycles. The molecule has 7 nitrogen and oxygen atoms in total. The number of aryl methyl sites for hydroxylation is 2. The van der Waals surface area contributed by atoms with Crippen molar-refractivity contribution in [1.82, 2.24) is 19.5 Å². The minimum absolute atomic E-state index is 0.00274. The van der Waals surface area contributed by atoms with Crippen LogP contribution in [-0.4, -0.2) is 25.8 Å². The first-order valence-electron chi connectivity index (χ1n) is 9.07. The van der Waals surface area contributed by atoms with Crippen molar-refractivity contribution < 1.29 is 18.3 Å². The van der Waals surface area contributed by atoms with E-state index in [0.717, 1.165) is 6.42 Å². The quantitative estimate of drug-likeness (QED) is 0.512. The molecule has 0 atom stereocenters. The Kier molecular flexibility index (Phi) is 4.43. The molecule has 10 heteroatoms. The molecule has 152 valence electrons. The van der Waals surface area contributed by atoms with Gasteiger partial charge in [0.1, 0.15) is 6.33 Å². The van der Waals surface area contributed by atoms with Gasteiger partial charge < -0.3 is 19.8 Å². The number of benzene rings is 2. The Hall–Kier alpha value is -3.40. The van der Waals surface area contributed by atoms with Crippen LogP contribution in [0.25, 0.3) is 11.2 Å². The summed E-state index contributed by atoms with van der Waals surface area (Å²) in [5.74, 6) is 0.263. The highest BCUT2D eigenvalue weighted by atomic mass is 32.2. The second kappa shape index (κ2) is 7.13. The van der Waals surface area contributed by atoms with E-state index in [4.69, 9.17) is 5.73 Å². The summed E-state index contributed by atoms with van der Waals surface area (Å²) in [7, 11) is 0. The molecule has 0 radical (unpaired) electrons. The third kappa shape index (κ3) is 3.50. The summed E-state index contributed by atoms with van der Waals surface area (Å²) in [6.07, 6.45) is -1.49. The summed E-state index contributed by atoms with van der Waals surface area (Å²) >= 11 is 1.30. The lowest BCUT2D eigenvalue weighted by Crippen LogP contribution is -2.25. The molecule has 0 unspecified atom stereocenters. The van der Waals surface area contributed by atoms with Gasteiger partial charge in [-0.3, -0.25) is 0 Å². The molecule has 0 saturated carbocycles. The molecule has 0 spiro atoms. The van der Waals surface area contributed by atoms with Crippen molar-refractivity contribution in [3.63, 3.8) is 0 Å². The van der Waals surface area contributed by atoms with Gasteiger partial charge in [-0.2, -0.15) is 0 Å². The zero-order valence-electron chi connectivity index (χ0n) is 15.5. The van der Waals surface area contributed by atoms with Gasteiger partial charge in [0.05, 0.1) is 0 Å². The van der Waals surface area contributed by atoms with Crippen molar-refractivity contribution in [1.29, 1.82) is 0 Å². The van der Waals surface area contributed by atoms with Crippen LogP contribution in [0.2, 0.25) is 0 Å². The Labute approximate surface area is 173 Å². The Balaban J connectivity index is 1.49. The molecular formula is C20H15F2N5O2S. The van der Waals surface area contributed by atoms with E-state index in [1.807, 2.05) is 34.9 Å². The van der Waals surface area contributed by atoms with Crippen LogP contribution in [0.15, 0.2) is 64.9 Å². The number of nitrogens with zero attached hydrogens (tertiary/aromatic N) is 4. The van der Waals surface area contributed by atoms with Gasteiger partial charge in [0.25, 0.3) is 0 Å². The standard InChI is InChI=1S/C20H15F2N5O2S/c21-20(22)28-14-7-6-13(10-15(14)29-20)30-19-26-16-17(23)24-11-25-18(16)27(19)9-8-12-4-2-1-3-5-12/h1-7,10-11H,8-9H2,(H2,23,24,25). The monoisotopic (exact) mass is 427 g/mol. The lowest BCUT2D eigenvalue weighted by Gasteiger charge is -2.09. The molecular weight excluding hydrogens is 412 g/mol. The van der Waals surface area contributed by atoms with Crippen molar-refractivity contribution in [2.24, 2.45) is 0 Å². The number of nitrogen functional groups attached to an aromatic ring is 1. The Bertz CT molecular complexity index is 1230. The molecule has 0 amide bonds. The first-order chi connectivity index (χ1) is 14.5. The van der Waals surface area contributed by atoms with E-state index in [1.165, 1.54) is 35.8 Å². The van der Waals surface area contributed by atoms with Crippen molar-refractivity contribution in [3.05, 3.63) is 60.4 Å². The zero-order valence-corrected chi connectivity index (χ0v) is 16.3. The first kappa shape index (κ1) is 18.6. The maximum absolute atomic E-state index is 13.3. The third-order valence-corrected chi connectivity index (χ3v) is 5.56. The average molecular weight is 427 g/mol. The van der Waals surface area contributed by atoms with Gasteiger partial charge >= 0.3 is 6.29 Å². The smallest absolute Gasteiger partial charge is 0.395 e. The second-order valence-electron chi connectivity index (χ2n) is 6.59. The zero-order chi connectivity index (χ0) is 20.7. The van der Waals surface area contributed by atoms with Crippen molar-refractivity contribution in [2.45, 2.75) is 29.3 Å². The number of alkyl halides is 2. The predicted molar refractivity (Wildman–Crippen MR) is 107 cm³/mol. The highest BCUT2D eigenvalue weighted by Gasteiger charge is 2.43. The highest BCUT2D eigenvalue weighted by molar-refractivity contribution is 7.99. The summed E-state index contributed by atoms with van der Waals surface area (Å²) in [6, 6.07) is 14.7. The van der Waals surface area contributed by atoms with E-state index >= 15 is 0 Å². The molecule has 1 aliphatic rings. The van der Waals surface area contributed by atoms with Crippen molar-refractivity contribution in [3.8, 4) is 11.5 Å². The van der Waals surface area contributed by atoms with E-state index in [1.54, 1.807) is 6.07 Å². The molecule has 4 aromatic rings. The normalized spacial score (nSPS) is 14.3.